The molecule has 0 aliphatic carbocycles. The van der Waals surface area contributed by atoms with Gasteiger partial charge in [0.15, 0.2) is 0 Å². The van der Waals surface area contributed by atoms with Crippen molar-refractivity contribution in [3.05, 3.63) is 125 Å². The van der Waals surface area contributed by atoms with Crippen LogP contribution in [-0.4, -0.2) is 34.9 Å². The maximum atomic E-state index is 9.68. The van der Waals surface area contributed by atoms with Gasteiger partial charge in [0.1, 0.15) is 21.9 Å². The first-order chi connectivity index (χ1) is 22.1. The SMILES string of the molecule is N#CC(c1ccnc(N)n1)c1nc2ccccc2s1.N#CC(c1ccnc(NCc2cccnc2)n1)c1nc2ccccc2s1. The minimum Gasteiger partial charge on any atom is -0.368 e. The number of nitrogen functional groups attached to an aromatic ring is 1. The van der Waals surface area contributed by atoms with Crippen LogP contribution in [0.15, 0.2) is 97.6 Å². The summed E-state index contributed by atoms with van der Waals surface area (Å²) in [4.78, 5) is 29.8. The van der Waals surface area contributed by atoms with Crippen LogP contribution in [0.5, 0.6) is 0 Å². The number of fused-ring (bicyclic) bond motifs is 2. The number of para-hydroxylation sites is 2. The van der Waals surface area contributed by atoms with Gasteiger partial charge < -0.3 is 11.1 Å². The quantitative estimate of drug-likeness (QED) is 0.210. The van der Waals surface area contributed by atoms with E-state index < -0.39 is 11.8 Å². The number of nitrogens with one attached hydrogen (secondary N) is 1. The molecule has 7 rings (SSSR count). The zero-order valence-corrected chi connectivity index (χ0v) is 25.2. The third kappa shape index (κ3) is 6.86. The van der Waals surface area contributed by atoms with Crippen molar-refractivity contribution in [2.75, 3.05) is 11.1 Å². The Balaban J connectivity index is 0.000000167. The highest BCUT2D eigenvalue weighted by molar-refractivity contribution is 7.19. The number of hydrogen-bond donors (Lipinski definition) is 2. The molecule has 0 fully saturated rings. The van der Waals surface area contributed by atoms with E-state index in [9.17, 15) is 10.5 Å². The van der Waals surface area contributed by atoms with Gasteiger partial charge >= 0.3 is 0 Å². The van der Waals surface area contributed by atoms with E-state index in [0.29, 0.717) is 23.9 Å². The monoisotopic (exact) mass is 625 g/mol. The average Bonchev–Trinajstić information content (AvgIpc) is 3.70. The zero-order valence-electron chi connectivity index (χ0n) is 23.5. The second kappa shape index (κ2) is 13.6. The Kier molecular flexibility index (Phi) is 8.83. The standard InChI is InChI=1S/C19H14N6S.C13H9N5S/c20-10-14(18-24-16-5-1-2-6-17(16)26-18)15-7-9-22-19(25-15)23-12-13-4-3-8-21-11-13;14-7-8(9-5-6-16-13(15)18-9)12-17-10-3-1-2-4-11(10)19-12/h1-9,11,14H,12H2,(H,22,23,25);1-6,8H,(H2,15,16,18). The Bertz CT molecular complexity index is 2080. The highest BCUT2D eigenvalue weighted by Crippen LogP contribution is 2.32. The van der Waals surface area contributed by atoms with E-state index in [1.54, 1.807) is 36.9 Å². The van der Waals surface area contributed by atoms with Crippen molar-refractivity contribution in [2.24, 2.45) is 0 Å². The lowest BCUT2D eigenvalue weighted by atomic mass is 10.1. The van der Waals surface area contributed by atoms with Crippen molar-refractivity contribution in [3.63, 3.8) is 0 Å². The van der Waals surface area contributed by atoms with Crippen LogP contribution < -0.4 is 11.1 Å². The molecular weight excluding hydrogens is 603 g/mol. The highest BCUT2D eigenvalue weighted by atomic mass is 32.1. The fraction of sp³-hybridized carbons (Fsp3) is 0.0938. The summed E-state index contributed by atoms with van der Waals surface area (Å²) in [6, 6.07) is 27.5. The number of thiazole rings is 2. The summed E-state index contributed by atoms with van der Waals surface area (Å²) in [5.74, 6) is -0.386. The van der Waals surface area contributed by atoms with Gasteiger partial charge in [-0.15, -0.1) is 22.7 Å². The molecule has 0 spiro atoms. The van der Waals surface area contributed by atoms with E-state index >= 15 is 0 Å². The molecule has 0 saturated heterocycles. The molecule has 0 aliphatic rings. The van der Waals surface area contributed by atoms with Crippen molar-refractivity contribution in [1.29, 1.82) is 10.5 Å². The number of anilines is 2. The smallest absolute Gasteiger partial charge is 0.223 e. The highest BCUT2D eigenvalue weighted by Gasteiger charge is 2.21. The molecule has 0 bridgehead atoms. The molecule has 0 amide bonds. The van der Waals surface area contributed by atoms with Crippen molar-refractivity contribution < 1.29 is 0 Å². The first-order valence-corrected chi connectivity index (χ1v) is 15.3. The van der Waals surface area contributed by atoms with Crippen molar-refractivity contribution in [2.45, 2.75) is 18.4 Å². The summed E-state index contributed by atoms with van der Waals surface area (Å²) >= 11 is 3.01. The molecule has 2 unspecified atom stereocenters. The molecule has 13 heteroatoms. The third-order valence-corrected chi connectivity index (χ3v) is 8.71. The Labute approximate surface area is 265 Å². The van der Waals surface area contributed by atoms with Gasteiger partial charge in [0.2, 0.25) is 11.9 Å². The molecular formula is C32H23N11S2. The predicted octanol–water partition coefficient (Wildman–Crippen LogP) is 6.07. The van der Waals surface area contributed by atoms with E-state index in [-0.39, 0.29) is 5.95 Å². The fourth-order valence-corrected chi connectivity index (χ4v) is 6.43. The van der Waals surface area contributed by atoms with Crippen LogP contribution in [0.2, 0.25) is 0 Å². The topological polar surface area (TPSA) is 176 Å². The summed E-state index contributed by atoms with van der Waals surface area (Å²) in [6.07, 6.45) is 6.73. The van der Waals surface area contributed by atoms with E-state index in [4.69, 9.17) is 5.73 Å². The largest absolute Gasteiger partial charge is 0.368 e. The maximum absolute atomic E-state index is 9.68. The molecule has 218 valence electrons. The molecule has 45 heavy (non-hydrogen) atoms. The van der Waals surface area contributed by atoms with Crippen LogP contribution in [0.25, 0.3) is 20.4 Å². The van der Waals surface area contributed by atoms with Crippen LogP contribution in [0.1, 0.15) is 38.8 Å². The van der Waals surface area contributed by atoms with E-state index in [1.807, 2.05) is 60.7 Å². The molecule has 7 aromatic rings. The lowest BCUT2D eigenvalue weighted by Gasteiger charge is -2.08. The maximum Gasteiger partial charge on any atom is 0.223 e. The molecule has 5 aromatic heterocycles. The predicted molar refractivity (Wildman–Crippen MR) is 174 cm³/mol. The van der Waals surface area contributed by atoms with Crippen LogP contribution >= 0.6 is 22.7 Å². The Hall–Kier alpha value is -5.89. The first-order valence-electron chi connectivity index (χ1n) is 13.7. The minimum absolute atomic E-state index is 0.166. The van der Waals surface area contributed by atoms with Gasteiger partial charge in [-0.25, -0.2) is 29.9 Å². The van der Waals surface area contributed by atoms with Crippen LogP contribution in [0.3, 0.4) is 0 Å². The average molecular weight is 626 g/mol. The summed E-state index contributed by atoms with van der Waals surface area (Å²) in [6.45, 7) is 0.565. The minimum atomic E-state index is -0.519. The molecule has 2 aromatic carbocycles. The molecule has 2 atom stereocenters. The summed E-state index contributed by atoms with van der Waals surface area (Å²) in [5.41, 5.74) is 9.59. The molecule has 5 heterocycles. The van der Waals surface area contributed by atoms with Gasteiger partial charge in [-0.05, 0) is 48.0 Å². The van der Waals surface area contributed by atoms with Gasteiger partial charge in [-0.1, -0.05) is 30.3 Å². The fourth-order valence-electron chi connectivity index (χ4n) is 4.37. The number of nitrogens with zero attached hydrogens (tertiary/aromatic N) is 9. The van der Waals surface area contributed by atoms with E-state index in [2.05, 4.69) is 52.3 Å². The normalized spacial score (nSPS) is 12.0. The summed E-state index contributed by atoms with van der Waals surface area (Å²) < 4.78 is 2.12. The number of nitrogens with two attached hydrogens (primary N) is 1. The number of benzene rings is 2. The van der Waals surface area contributed by atoms with Crippen molar-refractivity contribution >= 4 is 55.0 Å². The van der Waals surface area contributed by atoms with Gasteiger partial charge in [-0.2, -0.15) is 10.5 Å². The summed E-state index contributed by atoms with van der Waals surface area (Å²) in [7, 11) is 0. The molecule has 11 nitrogen and oxygen atoms in total. The number of nitriles is 2. The molecule has 0 radical (unpaired) electrons. The lowest BCUT2D eigenvalue weighted by Crippen LogP contribution is -2.07. The second-order valence-electron chi connectivity index (χ2n) is 9.52. The van der Waals surface area contributed by atoms with Gasteiger partial charge in [0.05, 0.1) is 44.0 Å². The lowest BCUT2D eigenvalue weighted by molar-refractivity contribution is 0.925. The van der Waals surface area contributed by atoms with Gasteiger partial charge in [-0.3, -0.25) is 4.98 Å². The van der Waals surface area contributed by atoms with Crippen LogP contribution in [-0.2, 0) is 6.54 Å². The molecule has 3 N–H and O–H groups in total. The van der Waals surface area contributed by atoms with Gasteiger partial charge in [0.25, 0.3) is 0 Å². The Morgan fingerprint density at radius 1 is 0.689 bits per heavy atom. The Morgan fingerprint density at radius 3 is 1.84 bits per heavy atom. The number of rotatable bonds is 7. The molecule has 0 saturated carbocycles. The second-order valence-corrected chi connectivity index (χ2v) is 11.6. The summed E-state index contributed by atoms with van der Waals surface area (Å²) in [5, 5.41) is 23.7. The van der Waals surface area contributed by atoms with E-state index in [1.165, 1.54) is 22.7 Å². The number of pyridine rings is 1. The zero-order chi connectivity index (χ0) is 31.0. The number of aromatic nitrogens is 7. The van der Waals surface area contributed by atoms with Crippen LogP contribution in [0.4, 0.5) is 11.9 Å². The van der Waals surface area contributed by atoms with Crippen molar-refractivity contribution in [3.8, 4) is 12.1 Å². The first kappa shape index (κ1) is 29.2. The number of hydrogen-bond acceptors (Lipinski definition) is 13. The van der Waals surface area contributed by atoms with Crippen LogP contribution in [0, 0.1) is 22.7 Å². The van der Waals surface area contributed by atoms with E-state index in [0.717, 1.165) is 36.0 Å². The van der Waals surface area contributed by atoms with Crippen molar-refractivity contribution in [1.82, 2.24) is 34.9 Å². The third-order valence-electron chi connectivity index (χ3n) is 6.51. The molecule has 0 aliphatic heterocycles. The Morgan fingerprint density at radius 2 is 1.29 bits per heavy atom. The van der Waals surface area contributed by atoms with Gasteiger partial charge in [0, 0.05) is 31.3 Å².